The van der Waals surface area contributed by atoms with Crippen LogP contribution in [0.4, 0.5) is 0 Å². The number of esters is 1. The molecule has 0 heterocycles. The van der Waals surface area contributed by atoms with Crippen LogP contribution in [0.1, 0.15) is 52.4 Å². The van der Waals surface area contributed by atoms with Crippen LogP contribution in [0, 0.1) is 11.8 Å². The Morgan fingerprint density at radius 3 is 2.81 bits per heavy atom. The quantitative estimate of drug-likeness (QED) is 0.677. The fourth-order valence-electron chi connectivity index (χ4n) is 2.42. The van der Waals surface area contributed by atoms with Gasteiger partial charge in [0.1, 0.15) is 5.78 Å². The summed E-state index contributed by atoms with van der Waals surface area (Å²) in [7, 11) is 0. The first-order chi connectivity index (χ1) is 7.69. The molecule has 0 bridgehead atoms. The van der Waals surface area contributed by atoms with E-state index in [1.807, 2.05) is 6.92 Å². The topological polar surface area (TPSA) is 43.4 Å². The highest BCUT2D eigenvalue weighted by Gasteiger charge is 2.34. The van der Waals surface area contributed by atoms with Crippen molar-refractivity contribution in [3.63, 3.8) is 0 Å². The fraction of sp³-hybridized carbons (Fsp3) is 0.846. The number of rotatable bonds is 5. The molecule has 0 unspecified atom stereocenters. The number of ketones is 1. The summed E-state index contributed by atoms with van der Waals surface area (Å²) in [5, 5.41) is 0. The maximum absolute atomic E-state index is 11.7. The number of hydrogen-bond acceptors (Lipinski definition) is 3. The summed E-state index contributed by atoms with van der Waals surface area (Å²) in [5.74, 6) is 0.391. The molecule has 1 rings (SSSR count). The molecule has 0 amide bonds. The lowest BCUT2D eigenvalue weighted by Crippen LogP contribution is -2.32. The van der Waals surface area contributed by atoms with E-state index in [9.17, 15) is 9.59 Å². The molecule has 1 saturated carbocycles. The minimum atomic E-state index is -0.101. The molecule has 0 aliphatic heterocycles. The van der Waals surface area contributed by atoms with Crippen molar-refractivity contribution >= 4 is 11.8 Å². The zero-order chi connectivity index (χ0) is 12.0. The van der Waals surface area contributed by atoms with Gasteiger partial charge in [-0.25, -0.2) is 0 Å². The van der Waals surface area contributed by atoms with Crippen LogP contribution in [0.2, 0.25) is 0 Å². The number of ether oxygens (including phenoxy) is 1. The van der Waals surface area contributed by atoms with Crippen LogP contribution in [0.5, 0.6) is 0 Å². The van der Waals surface area contributed by atoms with Gasteiger partial charge in [0, 0.05) is 12.8 Å². The smallest absolute Gasteiger partial charge is 0.309 e. The molecule has 2 atom stereocenters. The Morgan fingerprint density at radius 1 is 1.44 bits per heavy atom. The number of Topliss-reactive ketones (excluding diaryl/α,β-unsaturated/α-hetero) is 1. The molecule has 1 aliphatic rings. The van der Waals surface area contributed by atoms with Crippen LogP contribution >= 0.6 is 0 Å². The second-order valence-electron chi connectivity index (χ2n) is 4.54. The van der Waals surface area contributed by atoms with E-state index >= 15 is 0 Å². The molecule has 0 aromatic rings. The van der Waals surface area contributed by atoms with Gasteiger partial charge in [-0.05, 0) is 25.7 Å². The lowest BCUT2D eigenvalue weighted by atomic mass is 9.76. The molecule has 1 aliphatic carbocycles. The molecule has 0 aromatic heterocycles. The van der Waals surface area contributed by atoms with Crippen LogP contribution < -0.4 is 0 Å². The van der Waals surface area contributed by atoms with E-state index in [1.54, 1.807) is 0 Å². The Morgan fingerprint density at radius 2 is 2.19 bits per heavy atom. The Balaban J connectivity index is 2.56. The van der Waals surface area contributed by atoms with Gasteiger partial charge in [-0.3, -0.25) is 9.59 Å². The van der Waals surface area contributed by atoms with Gasteiger partial charge in [0.05, 0.1) is 12.5 Å². The van der Waals surface area contributed by atoms with Crippen molar-refractivity contribution in [3.8, 4) is 0 Å². The van der Waals surface area contributed by atoms with Gasteiger partial charge in [-0.15, -0.1) is 0 Å². The number of unbranched alkanes of at least 4 members (excludes halogenated alkanes) is 1. The Kier molecular flexibility index (Phi) is 5.50. The maximum Gasteiger partial charge on any atom is 0.309 e. The summed E-state index contributed by atoms with van der Waals surface area (Å²) in [6, 6.07) is 0. The van der Waals surface area contributed by atoms with Crippen molar-refractivity contribution in [2.24, 2.45) is 11.8 Å². The summed E-state index contributed by atoms with van der Waals surface area (Å²) in [4.78, 5) is 23.2. The monoisotopic (exact) mass is 226 g/mol. The summed E-state index contributed by atoms with van der Waals surface area (Å²) in [5.41, 5.74) is 0. The molecule has 0 saturated heterocycles. The van der Waals surface area contributed by atoms with Gasteiger partial charge >= 0.3 is 5.97 Å². The van der Waals surface area contributed by atoms with Crippen molar-refractivity contribution in [2.45, 2.75) is 52.4 Å². The normalized spacial score (nSPS) is 25.5. The summed E-state index contributed by atoms with van der Waals surface area (Å²) in [6.45, 7) is 4.39. The molecule has 0 aromatic carbocycles. The minimum Gasteiger partial charge on any atom is -0.466 e. The highest BCUT2D eigenvalue weighted by Crippen LogP contribution is 2.32. The van der Waals surface area contributed by atoms with Gasteiger partial charge < -0.3 is 4.74 Å². The average Bonchev–Trinajstić information content (AvgIpc) is 2.26. The third-order valence-corrected chi connectivity index (χ3v) is 3.31. The van der Waals surface area contributed by atoms with E-state index < -0.39 is 0 Å². The number of carbonyl (C=O) groups is 2. The highest BCUT2D eigenvalue weighted by atomic mass is 16.5. The van der Waals surface area contributed by atoms with Crippen LogP contribution in [-0.2, 0) is 14.3 Å². The van der Waals surface area contributed by atoms with E-state index in [0.717, 1.165) is 19.3 Å². The SMILES string of the molecule is CCCC[C@H]1CC(=O)CC[C@H]1C(=O)OCC. The largest absolute Gasteiger partial charge is 0.466 e. The molecule has 92 valence electrons. The standard InChI is InChI=1S/C13H22O3/c1-3-5-6-10-9-11(14)7-8-12(10)13(15)16-4-2/h10,12H,3-9H2,1-2H3/t10-,12+/m0/s1. The molecule has 3 nitrogen and oxygen atoms in total. The van der Waals surface area contributed by atoms with Crippen molar-refractivity contribution in [1.82, 2.24) is 0 Å². The Labute approximate surface area is 97.5 Å². The molecule has 16 heavy (non-hydrogen) atoms. The van der Waals surface area contributed by atoms with Gasteiger partial charge in [0.25, 0.3) is 0 Å². The average molecular weight is 226 g/mol. The van der Waals surface area contributed by atoms with Crippen LogP contribution in [0.25, 0.3) is 0 Å². The van der Waals surface area contributed by atoms with Crippen LogP contribution in [0.15, 0.2) is 0 Å². The third kappa shape index (κ3) is 3.62. The summed E-state index contributed by atoms with van der Waals surface area (Å²) in [6.07, 6.45) is 4.99. The van der Waals surface area contributed by atoms with E-state index in [0.29, 0.717) is 31.7 Å². The van der Waals surface area contributed by atoms with Crippen LogP contribution in [0.3, 0.4) is 0 Å². The zero-order valence-corrected chi connectivity index (χ0v) is 10.3. The number of hydrogen-bond donors (Lipinski definition) is 0. The highest BCUT2D eigenvalue weighted by molar-refractivity contribution is 5.83. The first-order valence-electron chi connectivity index (χ1n) is 6.37. The lowest BCUT2D eigenvalue weighted by Gasteiger charge is -2.28. The minimum absolute atomic E-state index is 0.0378. The lowest BCUT2D eigenvalue weighted by molar-refractivity contribution is -0.152. The van der Waals surface area contributed by atoms with Gasteiger partial charge in [-0.2, -0.15) is 0 Å². The van der Waals surface area contributed by atoms with Gasteiger partial charge in [-0.1, -0.05) is 19.8 Å². The van der Waals surface area contributed by atoms with Gasteiger partial charge in [0.2, 0.25) is 0 Å². The first kappa shape index (κ1) is 13.2. The second kappa shape index (κ2) is 6.66. The van der Waals surface area contributed by atoms with E-state index in [2.05, 4.69) is 6.92 Å². The third-order valence-electron chi connectivity index (χ3n) is 3.31. The molecule has 1 fully saturated rings. The zero-order valence-electron chi connectivity index (χ0n) is 10.3. The van der Waals surface area contributed by atoms with Crippen molar-refractivity contribution in [3.05, 3.63) is 0 Å². The molecule has 0 radical (unpaired) electrons. The Hall–Kier alpha value is -0.860. The first-order valence-corrected chi connectivity index (χ1v) is 6.37. The Bertz CT molecular complexity index is 248. The molecular weight excluding hydrogens is 204 g/mol. The molecule has 0 N–H and O–H groups in total. The van der Waals surface area contributed by atoms with Crippen LogP contribution in [-0.4, -0.2) is 18.4 Å². The predicted octanol–water partition coefficient (Wildman–Crippen LogP) is 2.73. The van der Waals surface area contributed by atoms with E-state index in [4.69, 9.17) is 4.74 Å². The summed E-state index contributed by atoms with van der Waals surface area (Å²) >= 11 is 0. The molecule has 3 heteroatoms. The summed E-state index contributed by atoms with van der Waals surface area (Å²) < 4.78 is 5.08. The van der Waals surface area contributed by atoms with E-state index in [-0.39, 0.29) is 17.8 Å². The molecule has 0 spiro atoms. The van der Waals surface area contributed by atoms with E-state index in [1.165, 1.54) is 0 Å². The predicted molar refractivity (Wildman–Crippen MR) is 62.0 cm³/mol. The van der Waals surface area contributed by atoms with Gasteiger partial charge in [0.15, 0.2) is 0 Å². The molecular formula is C13H22O3. The van der Waals surface area contributed by atoms with Crippen molar-refractivity contribution in [1.29, 1.82) is 0 Å². The number of carbonyl (C=O) groups excluding carboxylic acids is 2. The van der Waals surface area contributed by atoms with Crippen molar-refractivity contribution < 1.29 is 14.3 Å². The second-order valence-corrected chi connectivity index (χ2v) is 4.54. The maximum atomic E-state index is 11.7. The van der Waals surface area contributed by atoms with Crippen molar-refractivity contribution in [2.75, 3.05) is 6.61 Å². The fourth-order valence-corrected chi connectivity index (χ4v) is 2.42.